The molecule has 0 aliphatic carbocycles. The highest BCUT2D eigenvalue weighted by Crippen LogP contribution is 2.40. The molecule has 0 spiro atoms. The Morgan fingerprint density at radius 3 is 2.32 bits per heavy atom. The van der Waals surface area contributed by atoms with Crippen LogP contribution in [0.15, 0.2) is 72.4 Å². The molecular weight excluding hydrogens is 436 g/mol. The van der Waals surface area contributed by atoms with Crippen LogP contribution in [0.2, 0.25) is 0 Å². The van der Waals surface area contributed by atoms with Crippen molar-refractivity contribution in [3.05, 3.63) is 78.0 Å². The number of amides is 2. The molecule has 34 heavy (non-hydrogen) atoms. The fourth-order valence-corrected chi connectivity index (χ4v) is 3.97. The van der Waals surface area contributed by atoms with Gasteiger partial charge < -0.3 is 24.3 Å². The van der Waals surface area contributed by atoms with Gasteiger partial charge in [0.2, 0.25) is 0 Å². The van der Waals surface area contributed by atoms with E-state index in [4.69, 9.17) is 18.9 Å². The number of fused-ring (bicyclic) bond motifs is 1. The number of nitrogens with one attached hydrogen (secondary N) is 1. The first-order valence-corrected chi connectivity index (χ1v) is 10.7. The Bertz CT molecular complexity index is 1300. The summed E-state index contributed by atoms with van der Waals surface area (Å²) in [5.41, 5.74) is 1.96. The summed E-state index contributed by atoms with van der Waals surface area (Å²) in [5.74, 6) is 1.14. The van der Waals surface area contributed by atoms with Crippen molar-refractivity contribution in [2.75, 3.05) is 37.7 Å². The van der Waals surface area contributed by atoms with Gasteiger partial charge in [0.15, 0.2) is 11.5 Å². The van der Waals surface area contributed by atoms with Crippen molar-refractivity contribution >= 4 is 28.8 Å². The van der Waals surface area contributed by atoms with Crippen LogP contribution in [-0.4, -0.2) is 39.2 Å². The minimum Gasteiger partial charge on any atom is -0.497 e. The Balaban J connectivity index is 1.58. The van der Waals surface area contributed by atoms with E-state index in [9.17, 15) is 9.59 Å². The fraction of sp³-hybridized carbons (Fsp3) is 0.154. The minimum atomic E-state index is -0.498. The molecule has 3 aromatic carbocycles. The summed E-state index contributed by atoms with van der Waals surface area (Å²) in [7, 11) is 3.01. The van der Waals surface area contributed by atoms with E-state index in [-0.39, 0.29) is 11.3 Å². The van der Waals surface area contributed by atoms with Gasteiger partial charge in [-0.15, -0.1) is 0 Å². The lowest BCUT2D eigenvalue weighted by atomic mass is 10.0. The molecule has 2 aliphatic rings. The van der Waals surface area contributed by atoms with Crippen LogP contribution in [0.3, 0.4) is 0 Å². The van der Waals surface area contributed by atoms with E-state index in [1.165, 1.54) is 14.2 Å². The number of carbonyl (C=O) groups excluding carboxylic acids is 2. The summed E-state index contributed by atoms with van der Waals surface area (Å²) in [4.78, 5) is 28.4. The molecule has 5 rings (SSSR count). The number of hydrogen-bond acceptors (Lipinski definition) is 7. The van der Waals surface area contributed by atoms with Crippen molar-refractivity contribution in [1.82, 2.24) is 0 Å². The highest BCUT2D eigenvalue weighted by molar-refractivity contribution is 6.46. The largest absolute Gasteiger partial charge is 0.497 e. The summed E-state index contributed by atoms with van der Waals surface area (Å²) in [6.07, 6.45) is 0. The summed E-state index contributed by atoms with van der Waals surface area (Å²) in [5, 5.41) is 3.15. The smallest absolute Gasteiger partial charge is 0.282 e. The number of ether oxygens (including phenoxy) is 4. The quantitative estimate of drug-likeness (QED) is 0.561. The van der Waals surface area contributed by atoms with Crippen LogP contribution in [0.25, 0.3) is 5.57 Å². The fourth-order valence-electron chi connectivity index (χ4n) is 3.97. The summed E-state index contributed by atoms with van der Waals surface area (Å²) >= 11 is 0. The SMILES string of the molecule is COc1ccc(N2C(=O)C(Nc3ccc4c(c3)OCCO4)=C(c3ccccc3)C2=O)c(OC)c1. The number of carbonyl (C=O) groups is 2. The molecule has 0 saturated carbocycles. The summed E-state index contributed by atoms with van der Waals surface area (Å²) in [6.45, 7) is 0.922. The van der Waals surface area contributed by atoms with Crippen LogP contribution in [0, 0.1) is 0 Å². The van der Waals surface area contributed by atoms with Gasteiger partial charge >= 0.3 is 0 Å². The highest BCUT2D eigenvalue weighted by Gasteiger charge is 2.41. The zero-order valence-electron chi connectivity index (χ0n) is 18.7. The third-order valence-corrected chi connectivity index (χ3v) is 5.59. The zero-order valence-corrected chi connectivity index (χ0v) is 18.7. The number of rotatable bonds is 6. The van der Waals surface area contributed by atoms with Crippen molar-refractivity contribution in [3.63, 3.8) is 0 Å². The van der Waals surface area contributed by atoms with Gasteiger partial charge in [-0.05, 0) is 29.8 Å². The minimum absolute atomic E-state index is 0.158. The molecule has 0 saturated heterocycles. The first-order chi connectivity index (χ1) is 16.6. The standard InChI is InChI=1S/C26H22N2O6/c1-31-18-9-10-19(21(15-18)32-2)28-25(29)23(16-6-4-3-5-7-16)24(26(28)30)27-17-8-11-20-22(14-17)34-13-12-33-20/h3-11,14-15,27H,12-13H2,1-2H3. The molecule has 0 atom stereocenters. The molecule has 0 aromatic heterocycles. The Labute approximate surface area is 196 Å². The number of anilines is 2. The van der Waals surface area contributed by atoms with E-state index in [0.29, 0.717) is 53.2 Å². The van der Waals surface area contributed by atoms with Crippen LogP contribution in [0.5, 0.6) is 23.0 Å². The monoisotopic (exact) mass is 458 g/mol. The average molecular weight is 458 g/mol. The third kappa shape index (κ3) is 3.69. The second kappa shape index (κ2) is 8.82. The molecule has 0 radical (unpaired) electrons. The maximum absolute atomic E-state index is 13.7. The molecule has 172 valence electrons. The molecule has 3 aromatic rings. The number of methoxy groups -OCH3 is 2. The van der Waals surface area contributed by atoms with Gasteiger partial charge in [-0.1, -0.05) is 30.3 Å². The first kappa shape index (κ1) is 21.4. The van der Waals surface area contributed by atoms with Crippen molar-refractivity contribution in [1.29, 1.82) is 0 Å². The van der Waals surface area contributed by atoms with Gasteiger partial charge in [-0.2, -0.15) is 0 Å². The van der Waals surface area contributed by atoms with Crippen LogP contribution in [0.4, 0.5) is 11.4 Å². The van der Waals surface area contributed by atoms with Gasteiger partial charge in [0.25, 0.3) is 11.8 Å². The van der Waals surface area contributed by atoms with Crippen molar-refractivity contribution in [2.24, 2.45) is 0 Å². The lowest BCUT2D eigenvalue weighted by molar-refractivity contribution is -0.120. The molecular formula is C26H22N2O6. The zero-order chi connectivity index (χ0) is 23.7. The number of hydrogen-bond donors (Lipinski definition) is 1. The van der Waals surface area contributed by atoms with Crippen LogP contribution in [0.1, 0.15) is 5.56 Å². The molecule has 0 fully saturated rings. The topological polar surface area (TPSA) is 86.3 Å². The average Bonchev–Trinajstić information content (AvgIpc) is 3.12. The number of benzene rings is 3. The third-order valence-electron chi connectivity index (χ3n) is 5.59. The van der Waals surface area contributed by atoms with E-state index >= 15 is 0 Å². The Hall–Kier alpha value is -4.46. The van der Waals surface area contributed by atoms with Crippen molar-refractivity contribution in [2.45, 2.75) is 0 Å². The van der Waals surface area contributed by atoms with Crippen LogP contribution < -0.4 is 29.2 Å². The van der Waals surface area contributed by atoms with E-state index < -0.39 is 11.8 Å². The Morgan fingerprint density at radius 2 is 1.59 bits per heavy atom. The van der Waals surface area contributed by atoms with E-state index in [1.807, 2.05) is 18.2 Å². The molecule has 2 heterocycles. The second-order valence-electron chi connectivity index (χ2n) is 7.58. The van der Waals surface area contributed by atoms with Crippen molar-refractivity contribution < 1.29 is 28.5 Å². The van der Waals surface area contributed by atoms with Gasteiger partial charge in [0, 0.05) is 17.8 Å². The van der Waals surface area contributed by atoms with Gasteiger partial charge in [-0.3, -0.25) is 9.59 Å². The lowest BCUT2D eigenvalue weighted by Gasteiger charge is -2.20. The summed E-state index contributed by atoms with van der Waals surface area (Å²) in [6, 6.07) is 19.3. The molecule has 2 aliphatic heterocycles. The summed E-state index contributed by atoms with van der Waals surface area (Å²) < 4.78 is 21.9. The normalized spacial score (nSPS) is 14.9. The maximum atomic E-state index is 13.7. The highest BCUT2D eigenvalue weighted by atomic mass is 16.6. The van der Waals surface area contributed by atoms with Crippen molar-refractivity contribution in [3.8, 4) is 23.0 Å². The van der Waals surface area contributed by atoms with E-state index in [1.54, 1.807) is 48.5 Å². The second-order valence-corrected chi connectivity index (χ2v) is 7.58. The Morgan fingerprint density at radius 1 is 0.824 bits per heavy atom. The molecule has 2 amide bonds. The molecule has 1 N–H and O–H groups in total. The van der Waals surface area contributed by atoms with Gasteiger partial charge in [-0.25, -0.2) is 4.90 Å². The number of imide groups is 1. The van der Waals surface area contributed by atoms with Gasteiger partial charge in [0.1, 0.15) is 30.4 Å². The van der Waals surface area contributed by atoms with Crippen LogP contribution in [-0.2, 0) is 9.59 Å². The van der Waals surface area contributed by atoms with Gasteiger partial charge in [0.05, 0.1) is 25.5 Å². The lowest BCUT2D eigenvalue weighted by Crippen LogP contribution is -2.32. The number of nitrogens with zero attached hydrogens (tertiary/aromatic N) is 1. The van der Waals surface area contributed by atoms with E-state index in [2.05, 4.69) is 5.32 Å². The molecule has 0 bridgehead atoms. The molecule has 0 unspecified atom stereocenters. The first-order valence-electron chi connectivity index (χ1n) is 10.7. The maximum Gasteiger partial charge on any atom is 0.282 e. The van der Waals surface area contributed by atoms with E-state index in [0.717, 1.165) is 4.90 Å². The Kier molecular flexibility index (Phi) is 5.55. The predicted molar refractivity (Wildman–Crippen MR) is 126 cm³/mol. The molecule has 8 nitrogen and oxygen atoms in total. The molecule has 8 heteroatoms. The predicted octanol–water partition coefficient (Wildman–Crippen LogP) is 3.87. The van der Waals surface area contributed by atoms with Crippen LogP contribution >= 0.6 is 0 Å².